The molecule has 4 amide bonds. The quantitative estimate of drug-likeness (QED) is 0.383. The van der Waals surface area contributed by atoms with E-state index in [0.29, 0.717) is 4.90 Å². The van der Waals surface area contributed by atoms with Crippen molar-refractivity contribution in [1.29, 1.82) is 0 Å². The van der Waals surface area contributed by atoms with Gasteiger partial charge in [0.15, 0.2) is 0 Å². The van der Waals surface area contributed by atoms with E-state index < -0.39 is 43.0 Å². The van der Waals surface area contributed by atoms with Crippen LogP contribution < -0.4 is 10.6 Å². The molecule has 17 heavy (non-hydrogen) atoms. The molecular formula is C8H11N3O6. The first-order valence-corrected chi connectivity index (χ1v) is 4.67. The maximum atomic E-state index is 11.3. The lowest BCUT2D eigenvalue weighted by molar-refractivity contribution is -0.143. The van der Waals surface area contributed by atoms with E-state index in [-0.39, 0.29) is 6.54 Å². The molecule has 1 heterocycles. The highest BCUT2D eigenvalue weighted by Gasteiger charge is 2.31. The second kappa shape index (κ2) is 5.25. The SMILES string of the molecule is O=C(CN1C(=O)CNC1=O)NC(CO)C(=O)O. The van der Waals surface area contributed by atoms with Gasteiger partial charge in [0.1, 0.15) is 12.6 Å². The van der Waals surface area contributed by atoms with Crippen molar-refractivity contribution in [2.24, 2.45) is 0 Å². The number of carboxylic acids is 1. The average molecular weight is 245 g/mol. The van der Waals surface area contributed by atoms with Gasteiger partial charge < -0.3 is 20.8 Å². The van der Waals surface area contributed by atoms with Crippen molar-refractivity contribution in [1.82, 2.24) is 15.5 Å². The third-order valence-corrected chi connectivity index (χ3v) is 2.05. The van der Waals surface area contributed by atoms with Crippen molar-refractivity contribution in [3.63, 3.8) is 0 Å². The highest BCUT2D eigenvalue weighted by molar-refractivity contribution is 6.04. The van der Waals surface area contributed by atoms with Gasteiger partial charge in [-0.1, -0.05) is 0 Å². The molecule has 0 spiro atoms. The number of carbonyl (C=O) groups is 4. The number of carbonyl (C=O) groups excluding carboxylic acids is 3. The molecule has 9 heteroatoms. The van der Waals surface area contributed by atoms with Gasteiger partial charge in [0.25, 0.3) is 5.91 Å². The molecule has 1 aliphatic heterocycles. The molecule has 0 saturated carbocycles. The maximum Gasteiger partial charge on any atom is 0.328 e. The van der Waals surface area contributed by atoms with Crippen molar-refractivity contribution in [2.75, 3.05) is 19.7 Å². The predicted molar refractivity (Wildman–Crippen MR) is 51.8 cm³/mol. The first-order chi connectivity index (χ1) is 7.95. The molecule has 4 N–H and O–H groups in total. The standard InChI is InChI=1S/C8H11N3O6/c12-3-4(7(15)16)10-5(13)2-11-6(14)1-9-8(11)17/h4,12H,1-3H2,(H,9,17)(H,10,13)(H,15,16). The monoisotopic (exact) mass is 245 g/mol. The second-order valence-corrected chi connectivity index (χ2v) is 3.28. The Morgan fingerprint density at radius 1 is 1.47 bits per heavy atom. The summed E-state index contributed by atoms with van der Waals surface area (Å²) in [7, 11) is 0. The van der Waals surface area contributed by atoms with Crippen LogP contribution in [0.3, 0.4) is 0 Å². The van der Waals surface area contributed by atoms with Gasteiger partial charge in [-0.05, 0) is 0 Å². The van der Waals surface area contributed by atoms with Gasteiger partial charge in [-0.25, -0.2) is 9.59 Å². The average Bonchev–Trinajstić information content (AvgIpc) is 2.57. The Labute approximate surface area is 95.4 Å². The van der Waals surface area contributed by atoms with Crippen LogP contribution in [-0.4, -0.2) is 64.7 Å². The zero-order chi connectivity index (χ0) is 13.0. The number of aliphatic hydroxyl groups is 1. The molecule has 9 nitrogen and oxygen atoms in total. The number of urea groups is 1. The summed E-state index contributed by atoms with van der Waals surface area (Å²) in [6.07, 6.45) is 0. The minimum atomic E-state index is -1.46. The molecule has 0 bridgehead atoms. The molecule has 1 saturated heterocycles. The molecule has 1 fully saturated rings. The van der Waals surface area contributed by atoms with Gasteiger partial charge in [-0.15, -0.1) is 0 Å². The van der Waals surface area contributed by atoms with Crippen LogP contribution in [0, 0.1) is 0 Å². The van der Waals surface area contributed by atoms with Gasteiger partial charge in [-0.3, -0.25) is 14.5 Å². The number of rotatable bonds is 5. The van der Waals surface area contributed by atoms with Crippen molar-refractivity contribution >= 4 is 23.8 Å². The lowest BCUT2D eigenvalue weighted by Crippen LogP contribution is -2.48. The van der Waals surface area contributed by atoms with E-state index in [1.54, 1.807) is 0 Å². The van der Waals surface area contributed by atoms with Crippen LogP contribution in [0.25, 0.3) is 0 Å². The molecule has 1 rings (SSSR count). The number of hydrogen-bond donors (Lipinski definition) is 4. The molecule has 0 radical (unpaired) electrons. The summed E-state index contributed by atoms with van der Waals surface area (Å²) in [6, 6.07) is -2.16. The van der Waals surface area contributed by atoms with Crippen molar-refractivity contribution < 1.29 is 29.4 Å². The Morgan fingerprint density at radius 2 is 2.12 bits per heavy atom. The summed E-state index contributed by atoms with van der Waals surface area (Å²) in [4.78, 5) is 44.6. The van der Waals surface area contributed by atoms with Crippen LogP contribution in [-0.2, 0) is 14.4 Å². The van der Waals surface area contributed by atoms with Crippen molar-refractivity contribution in [3.05, 3.63) is 0 Å². The number of carboxylic acid groups (broad SMARTS) is 1. The molecule has 1 atom stereocenters. The van der Waals surface area contributed by atoms with E-state index >= 15 is 0 Å². The zero-order valence-corrected chi connectivity index (χ0v) is 8.67. The van der Waals surface area contributed by atoms with Gasteiger partial charge in [-0.2, -0.15) is 0 Å². The fourth-order valence-corrected chi connectivity index (χ4v) is 1.18. The minimum absolute atomic E-state index is 0.186. The third-order valence-electron chi connectivity index (χ3n) is 2.05. The highest BCUT2D eigenvalue weighted by atomic mass is 16.4. The van der Waals surface area contributed by atoms with E-state index in [4.69, 9.17) is 10.2 Å². The minimum Gasteiger partial charge on any atom is -0.480 e. The first-order valence-electron chi connectivity index (χ1n) is 4.67. The van der Waals surface area contributed by atoms with Crippen LogP contribution in [0.1, 0.15) is 0 Å². The first kappa shape index (κ1) is 12.9. The third kappa shape index (κ3) is 3.14. The maximum absolute atomic E-state index is 11.3. The van der Waals surface area contributed by atoms with E-state index in [1.807, 2.05) is 5.32 Å². The summed E-state index contributed by atoms with van der Waals surface area (Å²) >= 11 is 0. The zero-order valence-electron chi connectivity index (χ0n) is 8.67. The molecular weight excluding hydrogens is 234 g/mol. The number of nitrogens with one attached hydrogen (secondary N) is 2. The van der Waals surface area contributed by atoms with Gasteiger partial charge in [0, 0.05) is 0 Å². The Balaban J connectivity index is 2.52. The molecule has 1 unspecified atom stereocenters. The number of nitrogens with zero attached hydrogens (tertiary/aromatic N) is 1. The van der Waals surface area contributed by atoms with Gasteiger partial charge >= 0.3 is 12.0 Å². The topological polar surface area (TPSA) is 136 Å². The molecule has 1 aliphatic rings. The van der Waals surface area contributed by atoms with E-state index in [1.165, 1.54) is 0 Å². The van der Waals surface area contributed by atoms with E-state index in [9.17, 15) is 19.2 Å². The lowest BCUT2D eigenvalue weighted by atomic mass is 10.3. The summed E-state index contributed by atoms with van der Waals surface area (Å²) in [6.45, 7) is -1.54. The summed E-state index contributed by atoms with van der Waals surface area (Å²) in [5, 5.41) is 21.4. The van der Waals surface area contributed by atoms with E-state index in [0.717, 1.165) is 0 Å². The number of imide groups is 1. The van der Waals surface area contributed by atoms with E-state index in [2.05, 4.69) is 5.32 Å². The Hall–Kier alpha value is -2.16. The summed E-state index contributed by atoms with van der Waals surface area (Å²) < 4.78 is 0. The van der Waals surface area contributed by atoms with Crippen LogP contribution in [0.4, 0.5) is 4.79 Å². The predicted octanol–water partition coefficient (Wildman–Crippen LogP) is -2.90. The van der Waals surface area contributed by atoms with Crippen LogP contribution in [0.15, 0.2) is 0 Å². The number of hydrogen-bond acceptors (Lipinski definition) is 5. The second-order valence-electron chi connectivity index (χ2n) is 3.28. The largest absolute Gasteiger partial charge is 0.480 e. The Bertz CT molecular complexity index is 352. The summed E-state index contributed by atoms with van der Waals surface area (Å²) in [5.41, 5.74) is 0. The van der Waals surface area contributed by atoms with Gasteiger partial charge in [0.05, 0.1) is 13.2 Å². The fraction of sp³-hybridized carbons (Fsp3) is 0.500. The smallest absolute Gasteiger partial charge is 0.328 e. The molecule has 0 aliphatic carbocycles. The molecule has 0 aromatic carbocycles. The highest BCUT2D eigenvalue weighted by Crippen LogP contribution is 1.98. The lowest BCUT2D eigenvalue weighted by Gasteiger charge is -2.15. The fourth-order valence-electron chi connectivity index (χ4n) is 1.18. The number of aliphatic carboxylic acids is 1. The summed E-state index contributed by atoms with van der Waals surface area (Å²) in [5.74, 6) is -2.81. The number of aliphatic hydroxyl groups excluding tert-OH is 1. The van der Waals surface area contributed by atoms with Crippen molar-refractivity contribution in [3.8, 4) is 0 Å². The Kier molecular flexibility index (Phi) is 3.99. The molecule has 94 valence electrons. The number of amides is 4. The normalized spacial score (nSPS) is 16.6. The molecule has 0 aromatic rings. The van der Waals surface area contributed by atoms with Crippen LogP contribution in [0.2, 0.25) is 0 Å². The molecule has 0 aromatic heterocycles. The van der Waals surface area contributed by atoms with Crippen molar-refractivity contribution in [2.45, 2.75) is 6.04 Å². The Morgan fingerprint density at radius 3 is 2.53 bits per heavy atom. The van der Waals surface area contributed by atoms with Crippen LogP contribution in [0.5, 0.6) is 0 Å². The van der Waals surface area contributed by atoms with Gasteiger partial charge in [0.2, 0.25) is 5.91 Å². The van der Waals surface area contributed by atoms with Crippen LogP contribution >= 0.6 is 0 Å².